The van der Waals surface area contributed by atoms with Crippen molar-refractivity contribution in [1.82, 2.24) is 9.97 Å². The molecule has 0 aliphatic carbocycles. The molecule has 1 amide bonds. The van der Waals surface area contributed by atoms with Gasteiger partial charge in [0.05, 0.1) is 11.8 Å². The molecule has 5 rings (SSSR count). The summed E-state index contributed by atoms with van der Waals surface area (Å²) in [5.41, 5.74) is 4.02. The second-order valence-corrected chi connectivity index (χ2v) is 6.81. The third kappa shape index (κ3) is 3.35. The van der Waals surface area contributed by atoms with Gasteiger partial charge in [-0.1, -0.05) is 42.5 Å². The first-order valence-corrected chi connectivity index (χ1v) is 9.46. The van der Waals surface area contributed by atoms with Crippen molar-refractivity contribution in [2.75, 3.05) is 5.32 Å². The fraction of sp³-hybridized carbons (Fsp3) is 0.0417. The minimum absolute atomic E-state index is 0.260. The van der Waals surface area contributed by atoms with Crippen molar-refractivity contribution in [3.8, 4) is 22.8 Å². The van der Waals surface area contributed by atoms with E-state index in [1.54, 1.807) is 37.4 Å². The minimum Gasteiger partial charge on any atom is -0.441 e. The van der Waals surface area contributed by atoms with E-state index in [1.807, 2.05) is 48.5 Å². The van der Waals surface area contributed by atoms with Crippen LogP contribution >= 0.6 is 0 Å². The molecular formula is C24H17N3O3. The molecule has 5 aromatic rings. The largest absolute Gasteiger partial charge is 0.441 e. The maximum atomic E-state index is 13.0. The Labute approximate surface area is 172 Å². The van der Waals surface area contributed by atoms with E-state index < -0.39 is 0 Å². The zero-order valence-electron chi connectivity index (χ0n) is 16.1. The van der Waals surface area contributed by atoms with Gasteiger partial charge in [-0.3, -0.25) is 4.79 Å². The smallest absolute Gasteiger partial charge is 0.256 e. The molecule has 6 nitrogen and oxygen atoms in total. The minimum atomic E-state index is -0.260. The number of oxazole rings is 2. The summed E-state index contributed by atoms with van der Waals surface area (Å²) in [7, 11) is 0. The van der Waals surface area contributed by atoms with Crippen LogP contribution in [0.25, 0.3) is 33.9 Å². The van der Waals surface area contributed by atoms with Crippen molar-refractivity contribution in [2.24, 2.45) is 0 Å². The Kier molecular flexibility index (Phi) is 4.37. The van der Waals surface area contributed by atoms with Gasteiger partial charge >= 0.3 is 0 Å². The number of hydrogen-bond acceptors (Lipinski definition) is 5. The lowest BCUT2D eigenvalue weighted by Gasteiger charge is -2.08. The van der Waals surface area contributed by atoms with Crippen molar-refractivity contribution in [3.63, 3.8) is 0 Å². The van der Waals surface area contributed by atoms with Crippen LogP contribution < -0.4 is 5.32 Å². The normalized spacial score (nSPS) is 11.0. The SMILES string of the molecule is Cc1nc2cc(NC(=O)c3ccccc3-c3ncc(-c4ccccc4)o3)ccc2o1. The van der Waals surface area contributed by atoms with Gasteiger partial charge in [0.1, 0.15) is 5.52 Å². The molecule has 2 aromatic heterocycles. The molecule has 146 valence electrons. The Morgan fingerprint density at radius 1 is 0.933 bits per heavy atom. The molecule has 2 heterocycles. The molecular weight excluding hydrogens is 378 g/mol. The van der Waals surface area contributed by atoms with Crippen LogP contribution in [-0.4, -0.2) is 15.9 Å². The zero-order chi connectivity index (χ0) is 20.5. The predicted octanol–water partition coefficient (Wildman–Crippen LogP) is 5.71. The number of carbonyl (C=O) groups excluding carboxylic acids is 1. The number of nitrogens with one attached hydrogen (secondary N) is 1. The van der Waals surface area contributed by atoms with Gasteiger partial charge in [0.2, 0.25) is 5.89 Å². The Hall–Kier alpha value is -4.19. The average Bonchev–Trinajstić information content (AvgIpc) is 3.40. The van der Waals surface area contributed by atoms with E-state index >= 15 is 0 Å². The van der Waals surface area contributed by atoms with E-state index in [2.05, 4.69) is 15.3 Å². The molecule has 0 unspecified atom stereocenters. The summed E-state index contributed by atoms with van der Waals surface area (Å²) in [6.07, 6.45) is 1.67. The number of aryl methyl sites for hydroxylation is 1. The van der Waals surface area contributed by atoms with Crippen LogP contribution in [0.3, 0.4) is 0 Å². The molecule has 0 radical (unpaired) electrons. The van der Waals surface area contributed by atoms with E-state index in [0.717, 1.165) is 5.56 Å². The number of benzene rings is 3. The van der Waals surface area contributed by atoms with Crippen LogP contribution in [0.5, 0.6) is 0 Å². The lowest BCUT2D eigenvalue weighted by atomic mass is 10.1. The number of carbonyl (C=O) groups is 1. The maximum absolute atomic E-state index is 13.0. The number of aromatic nitrogens is 2. The number of amides is 1. The van der Waals surface area contributed by atoms with Gasteiger partial charge in [0.25, 0.3) is 5.91 Å². The molecule has 1 N–H and O–H groups in total. The van der Waals surface area contributed by atoms with E-state index in [1.165, 1.54) is 0 Å². The molecule has 0 fully saturated rings. The number of hydrogen-bond donors (Lipinski definition) is 1. The van der Waals surface area contributed by atoms with E-state index in [4.69, 9.17) is 8.83 Å². The second kappa shape index (κ2) is 7.33. The number of rotatable bonds is 4. The van der Waals surface area contributed by atoms with Crippen molar-refractivity contribution in [2.45, 2.75) is 6.92 Å². The summed E-state index contributed by atoms with van der Waals surface area (Å²) >= 11 is 0. The first-order chi connectivity index (χ1) is 14.7. The van der Waals surface area contributed by atoms with Gasteiger partial charge in [-0.05, 0) is 30.3 Å². The molecule has 0 aliphatic heterocycles. The van der Waals surface area contributed by atoms with E-state index in [0.29, 0.717) is 45.5 Å². The molecule has 3 aromatic carbocycles. The first kappa shape index (κ1) is 17.9. The fourth-order valence-corrected chi connectivity index (χ4v) is 3.32. The van der Waals surface area contributed by atoms with Crippen LogP contribution in [0.4, 0.5) is 5.69 Å². The van der Waals surface area contributed by atoms with Crippen molar-refractivity contribution in [3.05, 3.63) is 90.4 Å². The third-order valence-electron chi connectivity index (χ3n) is 4.72. The first-order valence-electron chi connectivity index (χ1n) is 9.46. The summed E-state index contributed by atoms with van der Waals surface area (Å²) in [5.74, 6) is 1.36. The maximum Gasteiger partial charge on any atom is 0.256 e. The molecule has 0 atom stereocenters. The third-order valence-corrected chi connectivity index (χ3v) is 4.72. The summed E-state index contributed by atoms with van der Waals surface area (Å²) in [5, 5.41) is 2.92. The zero-order valence-corrected chi connectivity index (χ0v) is 16.1. The van der Waals surface area contributed by atoms with Crippen molar-refractivity contribution < 1.29 is 13.6 Å². The summed E-state index contributed by atoms with van der Waals surface area (Å²) in [6, 6.07) is 22.3. The van der Waals surface area contributed by atoms with Crippen molar-refractivity contribution >= 4 is 22.7 Å². The van der Waals surface area contributed by atoms with Crippen molar-refractivity contribution in [1.29, 1.82) is 0 Å². The topological polar surface area (TPSA) is 81.2 Å². The fourth-order valence-electron chi connectivity index (χ4n) is 3.32. The van der Waals surface area contributed by atoms with Gasteiger partial charge in [-0.15, -0.1) is 0 Å². The molecule has 0 bridgehead atoms. The van der Waals surface area contributed by atoms with Crippen LogP contribution in [0, 0.1) is 6.92 Å². The Morgan fingerprint density at radius 2 is 1.73 bits per heavy atom. The Morgan fingerprint density at radius 3 is 2.60 bits per heavy atom. The predicted molar refractivity (Wildman–Crippen MR) is 114 cm³/mol. The van der Waals surface area contributed by atoms with Crippen LogP contribution in [0.2, 0.25) is 0 Å². The summed E-state index contributed by atoms with van der Waals surface area (Å²) in [6.45, 7) is 1.79. The molecule has 0 spiro atoms. The lowest BCUT2D eigenvalue weighted by Crippen LogP contribution is -2.13. The second-order valence-electron chi connectivity index (χ2n) is 6.81. The van der Waals surface area contributed by atoms with Gasteiger partial charge in [-0.2, -0.15) is 0 Å². The lowest BCUT2D eigenvalue weighted by molar-refractivity contribution is 0.102. The molecule has 0 saturated heterocycles. The van der Waals surface area contributed by atoms with Crippen LogP contribution in [0.15, 0.2) is 87.8 Å². The van der Waals surface area contributed by atoms with E-state index in [-0.39, 0.29) is 5.91 Å². The number of nitrogens with zero attached hydrogens (tertiary/aromatic N) is 2. The van der Waals surface area contributed by atoms with Gasteiger partial charge in [-0.25, -0.2) is 9.97 Å². The quantitative estimate of drug-likeness (QED) is 0.421. The van der Waals surface area contributed by atoms with Gasteiger partial charge in [0.15, 0.2) is 17.2 Å². The Balaban J connectivity index is 1.45. The molecule has 0 aliphatic rings. The standard InChI is InChI=1S/C24H17N3O3/c1-15-26-20-13-17(11-12-21(20)29-15)27-23(28)18-9-5-6-10-19(18)24-25-14-22(30-24)16-7-3-2-4-8-16/h2-14H,1H3,(H,27,28). The highest BCUT2D eigenvalue weighted by molar-refractivity contribution is 6.08. The highest BCUT2D eigenvalue weighted by Crippen LogP contribution is 2.29. The highest BCUT2D eigenvalue weighted by Gasteiger charge is 2.17. The number of fused-ring (bicyclic) bond motifs is 1. The van der Waals surface area contributed by atoms with Crippen LogP contribution in [-0.2, 0) is 0 Å². The van der Waals surface area contributed by atoms with Gasteiger partial charge < -0.3 is 14.2 Å². The molecule has 30 heavy (non-hydrogen) atoms. The Bertz CT molecular complexity index is 1350. The number of anilines is 1. The molecule has 0 saturated carbocycles. The summed E-state index contributed by atoms with van der Waals surface area (Å²) < 4.78 is 11.4. The highest BCUT2D eigenvalue weighted by atomic mass is 16.4. The van der Waals surface area contributed by atoms with Crippen LogP contribution in [0.1, 0.15) is 16.2 Å². The monoisotopic (exact) mass is 395 g/mol. The van der Waals surface area contributed by atoms with E-state index in [9.17, 15) is 4.79 Å². The van der Waals surface area contributed by atoms with Gasteiger partial charge in [0, 0.05) is 23.7 Å². The molecule has 6 heteroatoms. The summed E-state index contributed by atoms with van der Waals surface area (Å²) in [4.78, 5) is 21.7. The average molecular weight is 395 g/mol.